The van der Waals surface area contributed by atoms with Crippen LogP contribution in [0.2, 0.25) is 0 Å². The van der Waals surface area contributed by atoms with Crippen molar-refractivity contribution >= 4 is 5.97 Å². The number of hydrogen-bond acceptors (Lipinski definition) is 7. The second kappa shape index (κ2) is 9.46. The van der Waals surface area contributed by atoms with Crippen molar-refractivity contribution in [2.45, 2.75) is 0 Å². The molecule has 0 aliphatic heterocycles. The minimum atomic E-state index is -0.445. The highest BCUT2D eigenvalue weighted by molar-refractivity contribution is 5.78. The average molecular weight is 452 g/mol. The standard InChI is InChI=1S/C27H20N2O5/c1-31-23(30)17-32-21-14-12-18(13-15-21)22-16-28-26(33-22)27-29-24(19-8-4-2-5-9-19)25(34-27)20-10-6-3-7-11-20/h2-16H,17H2,1H3. The zero-order valence-corrected chi connectivity index (χ0v) is 18.3. The SMILES string of the molecule is COC(=O)COc1ccc(-c2cnc(-c3nc(-c4ccccc4)c(-c4ccccc4)o3)o2)cc1. The number of ether oxygens (including phenoxy) is 2. The van der Waals surface area contributed by atoms with Crippen molar-refractivity contribution in [1.82, 2.24) is 9.97 Å². The summed E-state index contributed by atoms with van der Waals surface area (Å²) >= 11 is 0. The van der Waals surface area contributed by atoms with E-state index in [9.17, 15) is 4.79 Å². The summed E-state index contributed by atoms with van der Waals surface area (Å²) in [5.74, 6) is 1.87. The summed E-state index contributed by atoms with van der Waals surface area (Å²) in [4.78, 5) is 20.3. The lowest BCUT2D eigenvalue weighted by Gasteiger charge is -2.04. The fraction of sp³-hybridized carbons (Fsp3) is 0.0741. The van der Waals surface area contributed by atoms with Gasteiger partial charge in [0.25, 0.3) is 11.8 Å². The van der Waals surface area contributed by atoms with Crippen LogP contribution in [0.25, 0.3) is 45.7 Å². The van der Waals surface area contributed by atoms with E-state index < -0.39 is 5.97 Å². The van der Waals surface area contributed by atoms with Gasteiger partial charge in [-0.1, -0.05) is 60.7 Å². The van der Waals surface area contributed by atoms with Crippen LogP contribution in [0.1, 0.15) is 0 Å². The lowest BCUT2D eigenvalue weighted by Crippen LogP contribution is -2.12. The zero-order valence-electron chi connectivity index (χ0n) is 18.3. The molecule has 168 valence electrons. The van der Waals surface area contributed by atoms with Gasteiger partial charge in [0.2, 0.25) is 0 Å². The smallest absolute Gasteiger partial charge is 0.343 e. The third-order valence-electron chi connectivity index (χ3n) is 5.12. The van der Waals surface area contributed by atoms with Crippen LogP contribution < -0.4 is 4.74 Å². The lowest BCUT2D eigenvalue weighted by atomic mass is 10.1. The monoisotopic (exact) mass is 452 g/mol. The molecule has 7 nitrogen and oxygen atoms in total. The van der Waals surface area contributed by atoms with Crippen LogP contribution in [0.4, 0.5) is 0 Å². The van der Waals surface area contributed by atoms with Gasteiger partial charge in [0.05, 0.1) is 13.3 Å². The molecule has 0 amide bonds. The van der Waals surface area contributed by atoms with E-state index in [4.69, 9.17) is 18.6 Å². The van der Waals surface area contributed by atoms with Crippen LogP contribution in [-0.4, -0.2) is 29.7 Å². The molecule has 0 saturated carbocycles. The van der Waals surface area contributed by atoms with Gasteiger partial charge in [-0.25, -0.2) is 14.8 Å². The molecule has 0 unspecified atom stereocenters. The van der Waals surface area contributed by atoms with E-state index in [1.54, 1.807) is 18.3 Å². The van der Waals surface area contributed by atoms with Gasteiger partial charge in [-0.2, -0.15) is 0 Å². The van der Waals surface area contributed by atoms with Crippen molar-refractivity contribution in [3.63, 3.8) is 0 Å². The van der Waals surface area contributed by atoms with Gasteiger partial charge in [0, 0.05) is 16.7 Å². The van der Waals surface area contributed by atoms with E-state index in [-0.39, 0.29) is 12.5 Å². The number of carbonyl (C=O) groups is 1. The summed E-state index contributed by atoms with van der Waals surface area (Å²) in [6.07, 6.45) is 1.62. The summed E-state index contributed by atoms with van der Waals surface area (Å²) in [5.41, 5.74) is 3.36. The van der Waals surface area contributed by atoms with E-state index in [0.717, 1.165) is 16.7 Å². The lowest BCUT2D eigenvalue weighted by molar-refractivity contribution is -0.142. The molecule has 0 N–H and O–H groups in total. The third-order valence-corrected chi connectivity index (χ3v) is 5.12. The Morgan fingerprint density at radius 2 is 1.47 bits per heavy atom. The van der Waals surface area contributed by atoms with E-state index in [0.29, 0.717) is 28.9 Å². The van der Waals surface area contributed by atoms with E-state index in [1.807, 2.05) is 72.8 Å². The largest absolute Gasteiger partial charge is 0.482 e. The predicted molar refractivity (Wildman–Crippen MR) is 126 cm³/mol. The number of carbonyl (C=O) groups excluding carboxylic acids is 1. The quantitative estimate of drug-likeness (QED) is 0.285. The van der Waals surface area contributed by atoms with Crippen LogP contribution in [0, 0.1) is 0 Å². The van der Waals surface area contributed by atoms with Crippen molar-refractivity contribution in [3.8, 4) is 51.4 Å². The number of aromatic nitrogens is 2. The van der Waals surface area contributed by atoms with Crippen molar-refractivity contribution in [2.75, 3.05) is 13.7 Å². The molecule has 2 aromatic heterocycles. The number of nitrogens with zero attached hydrogens (tertiary/aromatic N) is 2. The summed E-state index contributed by atoms with van der Waals surface area (Å²) < 4.78 is 22.1. The minimum absolute atomic E-state index is 0.153. The molecule has 0 bridgehead atoms. The highest BCUT2D eigenvalue weighted by Crippen LogP contribution is 2.36. The number of methoxy groups -OCH3 is 1. The predicted octanol–water partition coefficient (Wildman–Crippen LogP) is 5.88. The first kappa shape index (κ1) is 21.2. The maximum Gasteiger partial charge on any atom is 0.343 e. The maximum absolute atomic E-state index is 11.2. The Morgan fingerprint density at radius 1 is 0.794 bits per heavy atom. The Bertz CT molecular complexity index is 1330. The second-order valence-corrected chi connectivity index (χ2v) is 7.35. The first-order chi connectivity index (χ1) is 16.7. The van der Waals surface area contributed by atoms with Crippen LogP contribution >= 0.6 is 0 Å². The Kier molecular flexibility index (Phi) is 5.90. The van der Waals surface area contributed by atoms with Crippen LogP contribution in [-0.2, 0) is 9.53 Å². The molecule has 0 radical (unpaired) electrons. The van der Waals surface area contributed by atoms with Crippen LogP contribution in [0.5, 0.6) is 5.75 Å². The summed E-state index contributed by atoms with van der Waals surface area (Å²) in [6.45, 7) is -0.153. The van der Waals surface area contributed by atoms with E-state index in [1.165, 1.54) is 7.11 Å². The van der Waals surface area contributed by atoms with Gasteiger partial charge in [-0.15, -0.1) is 0 Å². The highest BCUT2D eigenvalue weighted by Gasteiger charge is 2.21. The Labute approximate surface area is 195 Å². The van der Waals surface area contributed by atoms with Gasteiger partial charge in [0.15, 0.2) is 18.1 Å². The minimum Gasteiger partial charge on any atom is -0.482 e. The fourth-order valence-electron chi connectivity index (χ4n) is 3.41. The molecular weight excluding hydrogens is 432 g/mol. The molecule has 0 aliphatic carbocycles. The van der Waals surface area contributed by atoms with Crippen molar-refractivity contribution in [1.29, 1.82) is 0 Å². The summed E-state index contributed by atoms with van der Waals surface area (Å²) in [5, 5.41) is 0. The molecular formula is C27H20N2O5. The highest BCUT2D eigenvalue weighted by atomic mass is 16.6. The summed E-state index contributed by atoms with van der Waals surface area (Å²) in [6, 6.07) is 26.8. The van der Waals surface area contributed by atoms with Gasteiger partial charge in [-0.05, 0) is 24.3 Å². The van der Waals surface area contributed by atoms with Crippen molar-refractivity contribution < 1.29 is 23.1 Å². The molecule has 3 aromatic carbocycles. The fourth-order valence-corrected chi connectivity index (χ4v) is 3.41. The molecule has 7 heteroatoms. The van der Waals surface area contributed by atoms with Crippen molar-refractivity contribution in [2.24, 2.45) is 0 Å². The number of esters is 1. The molecule has 0 fully saturated rings. The van der Waals surface area contributed by atoms with Crippen LogP contribution in [0.15, 0.2) is 100.0 Å². The second-order valence-electron chi connectivity index (χ2n) is 7.35. The van der Waals surface area contributed by atoms with Gasteiger partial charge in [0.1, 0.15) is 11.4 Å². The molecule has 0 atom stereocenters. The maximum atomic E-state index is 11.2. The number of oxazole rings is 2. The van der Waals surface area contributed by atoms with Crippen LogP contribution in [0.3, 0.4) is 0 Å². The normalized spacial score (nSPS) is 10.7. The molecule has 0 saturated heterocycles. The number of benzene rings is 3. The Balaban J connectivity index is 1.44. The average Bonchev–Trinajstić information content (AvgIpc) is 3.57. The Morgan fingerprint density at radius 3 is 2.15 bits per heavy atom. The first-order valence-electron chi connectivity index (χ1n) is 10.6. The van der Waals surface area contributed by atoms with Gasteiger partial charge in [-0.3, -0.25) is 0 Å². The molecule has 0 spiro atoms. The zero-order chi connectivity index (χ0) is 23.3. The van der Waals surface area contributed by atoms with E-state index in [2.05, 4.69) is 9.72 Å². The van der Waals surface area contributed by atoms with Gasteiger partial charge < -0.3 is 18.3 Å². The third kappa shape index (κ3) is 4.45. The van der Waals surface area contributed by atoms with Gasteiger partial charge >= 0.3 is 5.97 Å². The number of rotatable bonds is 7. The molecule has 5 rings (SSSR count). The molecule has 34 heavy (non-hydrogen) atoms. The van der Waals surface area contributed by atoms with Crippen molar-refractivity contribution in [3.05, 3.63) is 91.1 Å². The molecule has 5 aromatic rings. The molecule has 0 aliphatic rings. The molecule has 2 heterocycles. The summed E-state index contributed by atoms with van der Waals surface area (Å²) in [7, 11) is 1.32. The Hall–Kier alpha value is -4.65. The topological polar surface area (TPSA) is 87.6 Å². The number of hydrogen-bond donors (Lipinski definition) is 0. The first-order valence-corrected chi connectivity index (χ1v) is 10.6. The van der Waals surface area contributed by atoms with E-state index >= 15 is 0 Å².